The Hall–Kier alpha value is -1.79. The van der Waals surface area contributed by atoms with Gasteiger partial charge in [-0.25, -0.2) is 9.97 Å². The Balaban J connectivity index is 2.00. The van der Waals surface area contributed by atoms with Crippen molar-refractivity contribution in [3.63, 3.8) is 0 Å². The molecule has 0 aliphatic carbocycles. The number of carbonyl (C=O) groups is 1. The standard InChI is InChI=1S/C14H15ClN4OS/c1-8-5-6-17-14(18-8)21-9(2)13(20)19-10-3-4-11(15)12(16)7-10/h3-7,9H,16H2,1-2H3,(H,19,20). The molecule has 1 heterocycles. The summed E-state index contributed by atoms with van der Waals surface area (Å²) in [6, 6.07) is 6.79. The molecular formula is C14H15ClN4OS. The number of aromatic nitrogens is 2. The van der Waals surface area contributed by atoms with E-state index in [2.05, 4.69) is 15.3 Å². The number of nitrogens with two attached hydrogens (primary N) is 1. The molecule has 0 aliphatic heterocycles. The van der Waals surface area contributed by atoms with Gasteiger partial charge in [0.2, 0.25) is 5.91 Å². The summed E-state index contributed by atoms with van der Waals surface area (Å²) in [5.74, 6) is -0.146. The molecule has 5 nitrogen and oxygen atoms in total. The van der Waals surface area contributed by atoms with Crippen molar-refractivity contribution in [3.8, 4) is 0 Å². The molecule has 7 heteroatoms. The van der Waals surface area contributed by atoms with Gasteiger partial charge in [-0.05, 0) is 38.1 Å². The number of aryl methyl sites for hydroxylation is 1. The first-order valence-electron chi connectivity index (χ1n) is 6.28. The normalized spacial score (nSPS) is 12.0. The summed E-state index contributed by atoms with van der Waals surface area (Å²) >= 11 is 7.14. The maximum absolute atomic E-state index is 12.1. The van der Waals surface area contributed by atoms with E-state index in [1.54, 1.807) is 31.3 Å². The molecule has 0 fully saturated rings. The van der Waals surface area contributed by atoms with Crippen LogP contribution in [0.5, 0.6) is 0 Å². The zero-order valence-corrected chi connectivity index (χ0v) is 13.2. The molecule has 1 atom stereocenters. The lowest BCUT2D eigenvalue weighted by atomic mass is 10.2. The molecule has 0 aliphatic rings. The van der Waals surface area contributed by atoms with Crippen molar-refractivity contribution < 1.29 is 4.79 Å². The number of nitrogens with one attached hydrogen (secondary N) is 1. The minimum Gasteiger partial charge on any atom is -0.397 e. The van der Waals surface area contributed by atoms with Crippen molar-refractivity contribution in [1.82, 2.24) is 9.97 Å². The lowest BCUT2D eigenvalue weighted by Crippen LogP contribution is -2.22. The highest BCUT2D eigenvalue weighted by Gasteiger charge is 2.16. The van der Waals surface area contributed by atoms with Gasteiger partial charge in [0, 0.05) is 17.6 Å². The van der Waals surface area contributed by atoms with Crippen LogP contribution in [-0.2, 0) is 4.79 Å². The number of hydrogen-bond acceptors (Lipinski definition) is 5. The summed E-state index contributed by atoms with van der Waals surface area (Å²) in [7, 11) is 0. The van der Waals surface area contributed by atoms with E-state index in [0.717, 1.165) is 5.69 Å². The van der Waals surface area contributed by atoms with Gasteiger partial charge in [-0.2, -0.15) is 0 Å². The number of benzene rings is 1. The maximum atomic E-state index is 12.1. The molecule has 0 radical (unpaired) electrons. The van der Waals surface area contributed by atoms with Gasteiger partial charge in [0.25, 0.3) is 0 Å². The summed E-state index contributed by atoms with van der Waals surface area (Å²) in [6.07, 6.45) is 1.68. The summed E-state index contributed by atoms with van der Waals surface area (Å²) in [4.78, 5) is 20.5. The van der Waals surface area contributed by atoms with Crippen molar-refractivity contribution in [2.45, 2.75) is 24.3 Å². The Labute approximate surface area is 132 Å². The van der Waals surface area contributed by atoms with Crippen LogP contribution in [0, 0.1) is 6.92 Å². The monoisotopic (exact) mass is 322 g/mol. The van der Waals surface area contributed by atoms with Gasteiger partial charge in [0.1, 0.15) is 0 Å². The lowest BCUT2D eigenvalue weighted by Gasteiger charge is -2.12. The van der Waals surface area contributed by atoms with Gasteiger partial charge in [-0.1, -0.05) is 23.4 Å². The van der Waals surface area contributed by atoms with Gasteiger partial charge in [-0.15, -0.1) is 0 Å². The largest absolute Gasteiger partial charge is 0.397 e. The number of amides is 1. The fourth-order valence-corrected chi connectivity index (χ4v) is 2.48. The summed E-state index contributed by atoms with van der Waals surface area (Å²) in [5, 5.41) is 3.50. The zero-order valence-electron chi connectivity index (χ0n) is 11.6. The van der Waals surface area contributed by atoms with E-state index < -0.39 is 0 Å². The third-order valence-electron chi connectivity index (χ3n) is 2.69. The number of anilines is 2. The smallest absolute Gasteiger partial charge is 0.237 e. The van der Waals surface area contributed by atoms with E-state index >= 15 is 0 Å². The highest BCUT2D eigenvalue weighted by molar-refractivity contribution is 8.00. The fourth-order valence-electron chi connectivity index (χ4n) is 1.56. The van der Waals surface area contributed by atoms with Crippen LogP contribution in [-0.4, -0.2) is 21.1 Å². The van der Waals surface area contributed by atoms with Gasteiger partial charge in [0.15, 0.2) is 5.16 Å². The number of nitrogens with zero attached hydrogens (tertiary/aromatic N) is 2. The third-order valence-corrected chi connectivity index (χ3v) is 4.01. The molecule has 2 rings (SSSR count). The lowest BCUT2D eigenvalue weighted by molar-refractivity contribution is -0.115. The summed E-state index contributed by atoms with van der Waals surface area (Å²) < 4.78 is 0. The Kier molecular flexibility index (Phi) is 5.03. The SMILES string of the molecule is Cc1ccnc(SC(C)C(=O)Nc2ccc(Cl)c(N)c2)n1. The van der Waals surface area contributed by atoms with Crippen LogP contribution in [0.1, 0.15) is 12.6 Å². The van der Waals surface area contributed by atoms with E-state index in [4.69, 9.17) is 17.3 Å². The van der Waals surface area contributed by atoms with Gasteiger partial charge >= 0.3 is 0 Å². The van der Waals surface area contributed by atoms with E-state index in [-0.39, 0.29) is 11.2 Å². The van der Waals surface area contributed by atoms with E-state index in [0.29, 0.717) is 21.6 Å². The highest BCUT2D eigenvalue weighted by atomic mass is 35.5. The van der Waals surface area contributed by atoms with E-state index in [1.807, 2.05) is 13.0 Å². The van der Waals surface area contributed by atoms with Gasteiger partial charge in [-0.3, -0.25) is 4.79 Å². The van der Waals surface area contributed by atoms with Gasteiger partial charge < -0.3 is 11.1 Å². The van der Waals surface area contributed by atoms with Crippen LogP contribution in [0.3, 0.4) is 0 Å². The zero-order chi connectivity index (χ0) is 15.4. The van der Waals surface area contributed by atoms with Crippen molar-refractivity contribution in [2.24, 2.45) is 0 Å². The van der Waals surface area contributed by atoms with Crippen molar-refractivity contribution in [2.75, 3.05) is 11.1 Å². The molecule has 0 saturated heterocycles. The molecule has 1 aromatic heterocycles. The Morgan fingerprint density at radius 2 is 2.19 bits per heavy atom. The first kappa shape index (κ1) is 15.6. The second kappa shape index (κ2) is 6.78. The van der Waals surface area contributed by atoms with E-state index in [9.17, 15) is 4.79 Å². The Morgan fingerprint density at radius 1 is 1.43 bits per heavy atom. The molecule has 0 spiro atoms. The minimum atomic E-state index is -0.330. The Bertz CT molecular complexity index is 665. The van der Waals surface area contributed by atoms with Crippen molar-refractivity contribution >= 4 is 40.6 Å². The summed E-state index contributed by atoms with van der Waals surface area (Å²) in [6.45, 7) is 3.68. The molecule has 110 valence electrons. The van der Waals surface area contributed by atoms with Crippen LogP contribution < -0.4 is 11.1 Å². The number of thioether (sulfide) groups is 1. The fraction of sp³-hybridized carbons (Fsp3) is 0.214. The Morgan fingerprint density at radius 3 is 2.86 bits per heavy atom. The molecule has 1 aromatic carbocycles. The molecule has 1 amide bonds. The number of hydrogen-bond donors (Lipinski definition) is 2. The quantitative estimate of drug-likeness (QED) is 0.513. The average molecular weight is 323 g/mol. The molecule has 1 unspecified atom stereocenters. The number of rotatable bonds is 4. The molecule has 21 heavy (non-hydrogen) atoms. The summed E-state index contributed by atoms with van der Waals surface area (Å²) in [5.41, 5.74) is 7.61. The van der Waals surface area contributed by atoms with E-state index in [1.165, 1.54) is 11.8 Å². The van der Waals surface area contributed by atoms with Crippen molar-refractivity contribution in [3.05, 3.63) is 41.2 Å². The number of carbonyl (C=O) groups excluding carboxylic acids is 1. The van der Waals surface area contributed by atoms with Crippen molar-refractivity contribution in [1.29, 1.82) is 0 Å². The molecule has 0 saturated carbocycles. The highest BCUT2D eigenvalue weighted by Crippen LogP contribution is 2.24. The van der Waals surface area contributed by atoms with Crippen LogP contribution in [0.25, 0.3) is 0 Å². The predicted octanol–water partition coefficient (Wildman–Crippen LogP) is 3.14. The van der Waals surface area contributed by atoms with Crippen LogP contribution >= 0.6 is 23.4 Å². The predicted molar refractivity (Wildman–Crippen MR) is 86.6 cm³/mol. The van der Waals surface area contributed by atoms with Crippen LogP contribution in [0.4, 0.5) is 11.4 Å². The minimum absolute atomic E-state index is 0.146. The second-order valence-electron chi connectivity index (χ2n) is 4.47. The second-order valence-corrected chi connectivity index (χ2v) is 6.18. The first-order valence-corrected chi connectivity index (χ1v) is 7.53. The molecule has 3 N–H and O–H groups in total. The molecule has 0 bridgehead atoms. The third kappa shape index (κ3) is 4.34. The topological polar surface area (TPSA) is 80.9 Å². The first-order chi connectivity index (χ1) is 9.95. The van der Waals surface area contributed by atoms with Crippen LogP contribution in [0.2, 0.25) is 5.02 Å². The van der Waals surface area contributed by atoms with Gasteiger partial charge in [0.05, 0.1) is 16.0 Å². The van der Waals surface area contributed by atoms with Crippen LogP contribution in [0.15, 0.2) is 35.6 Å². The number of nitrogen functional groups attached to an aromatic ring is 1. The average Bonchev–Trinajstić information content (AvgIpc) is 2.43. The molecule has 2 aromatic rings. The maximum Gasteiger partial charge on any atom is 0.237 e. The number of halogens is 1. The molecular weight excluding hydrogens is 308 g/mol.